The van der Waals surface area contributed by atoms with E-state index in [1.54, 1.807) is 64.1 Å². The first-order valence-electron chi connectivity index (χ1n) is 12.8. The Morgan fingerprint density at radius 2 is 1.98 bits per heavy atom. The van der Waals surface area contributed by atoms with Crippen LogP contribution in [0.5, 0.6) is 0 Å². The van der Waals surface area contributed by atoms with Crippen LogP contribution in [0.4, 0.5) is 19.7 Å². The number of benzene rings is 2. The first kappa shape index (κ1) is 28.5. The summed E-state index contributed by atoms with van der Waals surface area (Å²) in [6.07, 6.45) is -1.64. The van der Waals surface area contributed by atoms with Gasteiger partial charge >= 0.3 is 12.2 Å². The highest BCUT2D eigenvalue weighted by atomic mass is 19.1. The minimum Gasteiger partial charge on any atom is -0.444 e. The second kappa shape index (κ2) is 11.7. The van der Waals surface area contributed by atoms with E-state index in [4.69, 9.17) is 9.47 Å². The number of carbonyl (C=O) groups excluding carboxylic acids is 3. The summed E-state index contributed by atoms with van der Waals surface area (Å²) in [7, 11) is 0. The molecule has 2 N–H and O–H groups in total. The van der Waals surface area contributed by atoms with Gasteiger partial charge in [0.25, 0.3) is 0 Å². The van der Waals surface area contributed by atoms with Gasteiger partial charge in [-0.25, -0.2) is 19.1 Å². The fourth-order valence-electron chi connectivity index (χ4n) is 4.16. The third kappa shape index (κ3) is 6.90. The van der Waals surface area contributed by atoms with Gasteiger partial charge in [-0.05, 0) is 67.4 Å². The van der Waals surface area contributed by atoms with Crippen LogP contribution in [-0.4, -0.2) is 68.4 Å². The van der Waals surface area contributed by atoms with Crippen LogP contribution in [0.2, 0.25) is 0 Å². The van der Waals surface area contributed by atoms with Crippen molar-refractivity contribution in [2.24, 2.45) is 0 Å². The monoisotopic (exact) mass is 553 g/mol. The van der Waals surface area contributed by atoms with Crippen molar-refractivity contribution in [1.82, 2.24) is 30.8 Å². The highest BCUT2D eigenvalue weighted by Crippen LogP contribution is 2.30. The Bertz CT molecular complexity index is 1360. The number of ether oxygens (including phenoxy) is 2. The maximum absolute atomic E-state index is 15.2. The van der Waals surface area contributed by atoms with Crippen molar-refractivity contribution in [3.05, 3.63) is 59.7 Å². The largest absolute Gasteiger partial charge is 0.444 e. The fourth-order valence-corrected chi connectivity index (χ4v) is 4.16. The number of nitrogens with zero attached hydrogens (tertiary/aromatic N) is 5. The fraction of sp³-hybridized carbons (Fsp3) is 0.407. The van der Waals surface area contributed by atoms with Crippen LogP contribution in [0.1, 0.15) is 52.0 Å². The van der Waals surface area contributed by atoms with Crippen LogP contribution >= 0.6 is 0 Å². The number of H-pyrrole nitrogens is 1. The van der Waals surface area contributed by atoms with Crippen molar-refractivity contribution in [2.45, 2.75) is 58.9 Å². The summed E-state index contributed by atoms with van der Waals surface area (Å²) in [4.78, 5) is 39.3. The molecule has 2 heterocycles. The molecule has 2 aromatic carbocycles. The van der Waals surface area contributed by atoms with E-state index < -0.39 is 35.8 Å². The zero-order valence-corrected chi connectivity index (χ0v) is 23.0. The number of amides is 3. The van der Waals surface area contributed by atoms with Gasteiger partial charge in [0.1, 0.15) is 17.5 Å². The van der Waals surface area contributed by atoms with Crippen molar-refractivity contribution in [3.8, 4) is 11.1 Å². The Morgan fingerprint density at radius 1 is 1.25 bits per heavy atom. The molecule has 4 rings (SSSR count). The third-order valence-corrected chi connectivity index (χ3v) is 6.19. The Labute approximate surface area is 230 Å². The minimum atomic E-state index is -0.694. The summed E-state index contributed by atoms with van der Waals surface area (Å²) in [5.41, 5.74) is 1.42. The number of rotatable bonds is 8. The molecule has 1 aromatic heterocycles. The zero-order valence-electron chi connectivity index (χ0n) is 23.0. The SMILES string of the molecule is CC(=O)NC[C@H]1CN(c2ccc(-c3ccc(CN(C(=O)OC(C)(C)C)C(C)c4nnn[nH]4)cc3)c(F)c2)C(=O)O1. The lowest BCUT2D eigenvalue weighted by atomic mass is 10.0. The zero-order chi connectivity index (χ0) is 29.0. The predicted molar refractivity (Wildman–Crippen MR) is 143 cm³/mol. The molecular weight excluding hydrogens is 521 g/mol. The molecule has 1 fully saturated rings. The Hall–Kier alpha value is -4.55. The number of nitrogens with one attached hydrogen (secondary N) is 2. The lowest BCUT2D eigenvalue weighted by Crippen LogP contribution is -2.38. The van der Waals surface area contributed by atoms with Crippen molar-refractivity contribution in [1.29, 1.82) is 0 Å². The molecule has 0 saturated carbocycles. The summed E-state index contributed by atoms with van der Waals surface area (Å²) >= 11 is 0. The van der Waals surface area contributed by atoms with Crippen LogP contribution in [0.3, 0.4) is 0 Å². The van der Waals surface area contributed by atoms with Gasteiger partial charge in [0.2, 0.25) is 5.91 Å². The lowest BCUT2D eigenvalue weighted by molar-refractivity contribution is -0.119. The maximum atomic E-state index is 15.2. The van der Waals surface area contributed by atoms with Gasteiger partial charge < -0.3 is 14.8 Å². The predicted octanol–water partition coefficient (Wildman–Crippen LogP) is 3.97. The van der Waals surface area contributed by atoms with E-state index >= 15 is 4.39 Å². The second-order valence-corrected chi connectivity index (χ2v) is 10.5. The first-order chi connectivity index (χ1) is 18.9. The normalized spacial score (nSPS) is 15.9. The molecular formula is C27H32FN7O5. The number of aromatic nitrogens is 4. The molecule has 3 aromatic rings. The standard InChI is InChI=1S/C27H32FN7O5/c1-16(24-30-32-33-31-24)34(26(38)40-27(3,4)5)14-18-6-8-19(9-7-18)22-11-10-20(12-23(22)28)35-15-21(39-25(35)37)13-29-17(2)36/h6-12,16,21H,13-15H2,1-5H3,(H,29,36)(H,30,31,32,33)/t16?,21-/m0/s1. The highest BCUT2D eigenvalue weighted by molar-refractivity contribution is 5.90. The maximum Gasteiger partial charge on any atom is 0.414 e. The summed E-state index contributed by atoms with van der Waals surface area (Å²) < 4.78 is 26.0. The van der Waals surface area contributed by atoms with E-state index in [1.807, 2.05) is 0 Å². The van der Waals surface area contributed by atoms with Crippen LogP contribution in [0, 0.1) is 5.82 Å². The van der Waals surface area contributed by atoms with Gasteiger partial charge in [0.05, 0.1) is 24.8 Å². The number of hydrogen-bond donors (Lipinski definition) is 2. The van der Waals surface area contributed by atoms with Crippen molar-refractivity contribution < 1.29 is 28.2 Å². The number of tetrazole rings is 1. The van der Waals surface area contributed by atoms with Crippen LogP contribution in [-0.2, 0) is 20.8 Å². The van der Waals surface area contributed by atoms with E-state index in [9.17, 15) is 14.4 Å². The van der Waals surface area contributed by atoms with E-state index in [-0.39, 0.29) is 25.5 Å². The van der Waals surface area contributed by atoms with Gasteiger partial charge in [-0.2, -0.15) is 0 Å². The first-order valence-corrected chi connectivity index (χ1v) is 12.8. The Balaban J connectivity index is 1.48. The van der Waals surface area contributed by atoms with E-state index in [0.29, 0.717) is 22.6 Å². The summed E-state index contributed by atoms with van der Waals surface area (Å²) in [5, 5.41) is 16.4. The molecule has 1 unspecified atom stereocenters. The lowest BCUT2D eigenvalue weighted by Gasteiger charge is -2.30. The smallest absolute Gasteiger partial charge is 0.414 e. The topological polar surface area (TPSA) is 143 Å². The van der Waals surface area contributed by atoms with Crippen molar-refractivity contribution in [3.63, 3.8) is 0 Å². The number of hydrogen-bond acceptors (Lipinski definition) is 8. The average molecular weight is 554 g/mol. The summed E-state index contributed by atoms with van der Waals surface area (Å²) in [5.74, 6) is -0.326. The summed E-state index contributed by atoms with van der Waals surface area (Å²) in [6, 6.07) is 11.1. The molecule has 3 amide bonds. The highest BCUT2D eigenvalue weighted by Gasteiger charge is 2.33. The molecule has 40 heavy (non-hydrogen) atoms. The number of cyclic esters (lactones) is 1. The van der Waals surface area contributed by atoms with E-state index in [1.165, 1.54) is 22.8 Å². The number of anilines is 1. The van der Waals surface area contributed by atoms with Crippen molar-refractivity contribution in [2.75, 3.05) is 18.0 Å². The molecule has 0 spiro atoms. The molecule has 0 radical (unpaired) electrons. The number of aromatic amines is 1. The average Bonchev–Trinajstić information content (AvgIpc) is 3.55. The third-order valence-electron chi connectivity index (χ3n) is 6.19. The van der Waals surface area contributed by atoms with E-state index in [2.05, 4.69) is 25.9 Å². The number of carbonyl (C=O) groups is 3. The Morgan fingerprint density at radius 3 is 2.58 bits per heavy atom. The number of halogens is 1. The molecule has 2 atom stereocenters. The van der Waals surface area contributed by atoms with Crippen molar-refractivity contribution >= 4 is 23.8 Å². The molecule has 0 bridgehead atoms. The second-order valence-electron chi connectivity index (χ2n) is 10.5. The van der Waals surface area contributed by atoms with Gasteiger partial charge in [0, 0.05) is 19.0 Å². The van der Waals surface area contributed by atoms with Gasteiger partial charge in [-0.15, -0.1) is 5.10 Å². The van der Waals surface area contributed by atoms with Crippen LogP contribution in [0.25, 0.3) is 11.1 Å². The summed E-state index contributed by atoms with van der Waals surface area (Å²) in [6.45, 7) is 9.11. The van der Waals surface area contributed by atoms with Gasteiger partial charge in [0.15, 0.2) is 5.82 Å². The Kier molecular flexibility index (Phi) is 8.31. The molecule has 1 aliphatic rings. The molecule has 12 nitrogen and oxygen atoms in total. The molecule has 1 aliphatic heterocycles. The molecule has 212 valence electrons. The van der Waals surface area contributed by atoms with Gasteiger partial charge in [-0.3, -0.25) is 14.6 Å². The molecule has 1 saturated heterocycles. The van der Waals surface area contributed by atoms with E-state index in [0.717, 1.165) is 5.56 Å². The quantitative estimate of drug-likeness (QED) is 0.427. The molecule has 13 heteroatoms. The van der Waals surface area contributed by atoms with Crippen LogP contribution in [0.15, 0.2) is 42.5 Å². The molecule has 0 aliphatic carbocycles. The van der Waals surface area contributed by atoms with Crippen LogP contribution < -0.4 is 10.2 Å². The minimum absolute atomic E-state index is 0.184. The van der Waals surface area contributed by atoms with Gasteiger partial charge in [-0.1, -0.05) is 24.3 Å².